The molecule has 3 rings (SSSR count). The Balaban J connectivity index is 1.93. The molecule has 2 aliphatic rings. The maximum atomic E-state index is 11.9. The van der Waals surface area contributed by atoms with Gasteiger partial charge in [0.25, 0.3) is 5.91 Å². The molecule has 1 amide bonds. The number of nitrogens with zero attached hydrogens (tertiary/aromatic N) is 1. The zero-order valence-corrected chi connectivity index (χ0v) is 7.86. The summed E-state index contributed by atoms with van der Waals surface area (Å²) in [5, 5.41) is 3.19. The van der Waals surface area contributed by atoms with Gasteiger partial charge in [-0.3, -0.25) is 4.79 Å². The Labute approximate surface area is 82.7 Å². The van der Waals surface area contributed by atoms with Crippen LogP contribution in [0.5, 0.6) is 0 Å². The van der Waals surface area contributed by atoms with Crippen LogP contribution in [-0.2, 0) is 6.54 Å². The van der Waals surface area contributed by atoms with E-state index >= 15 is 0 Å². The van der Waals surface area contributed by atoms with Gasteiger partial charge in [-0.05, 0) is 11.6 Å². The van der Waals surface area contributed by atoms with E-state index in [1.54, 1.807) is 0 Å². The van der Waals surface area contributed by atoms with Gasteiger partial charge in [-0.25, -0.2) is 0 Å². The van der Waals surface area contributed by atoms with Crippen LogP contribution < -0.4 is 5.32 Å². The fraction of sp³-hybridized carbons (Fsp3) is 0.364. The molecule has 1 aromatic carbocycles. The Bertz CT molecular complexity index is 385. The van der Waals surface area contributed by atoms with E-state index in [0.717, 1.165) is 25.2 Å². The molecule has 1 N–H and O–H groups in total. The molecule has 14 heavy (non-hydrogen) atoms. The second-order valence-electron chi connectivity index (χ2n) is 3.90. The fourth-order valence-electron chi connectivity index (χ4n) is 2.07. The monoisotopic (exact) mass is 188 g/mol. The Morgan fingerprint density at radius 3 is 2.71 bits per heavy atom. The van der Waals surface area contributed by atoms with Crippen LogP contribution >= 0.6 is 0 Å². The van der Waals surface area contributed by atoms with E-state index in [1.807, 2.05) is 29.2 Å². The largest absolute Gasteiger partial charge is 0.329 e. The highest BCUT2D eigenvalue weighted by Crippen LogP contribution is 2.25. The number of carbonyl (C=O) groups excluding carboxylic acids is 1. The van der Waals surface area contributed by atoms with Gasteiger partial charge in [0.2, 0.25) is 0 Å². The number of rotatable bonds is 1. The molecule has 1 fully saturated rings. The third-order valence-corrected chi connectivity index (χ3v) is 3.05. The summed E-state index contributed by atoms with van der Waals surface area (Å²) in [5.41, 5.74) is 2.06. The van der Waals surface area contributed by atoms with Gasteiger partial charge in [-0.2, -0.15) is 0 Å². The zero-order chi connectivity index (χ0) is 9.54. The number of nitrogens with one attached hydrogen (secondary N) is 1. The van der Waals surface area contributed by atoms with Crippen LogP contribution in [0.1, 0.15) is 15.9 Å². The Morgan fingerprint density at radius 1 is 1.29 bits per heavy atom. The maximum absolute atomic E-state index is 11.9. The molecule has 0 bridgehead atoms. The van der Waals surface area contributed by atoms with E-state index in [4.69, 9.17) is 0 Å². The van der Waals surface area contributed by atoms with Gasteiger partial charge in [-0.15, -0.1) is 0 Å². The summed E-state index contributed by atoms with van der Waals surface area (Å²) < 4.78 is 0. The van der Waals surface area contributed by atoms with Crippen molar-refractivity contribution in [3.05, 3.63) is 35.4 Å². The predicted octanol–water partition coefficient (Wildman–Crippen LogP) is 0.614. The third-order valence-electron chi connectivity index (χ3n) is 3.05. The molecule has 0 unspecified atom stereocenters. The first kappa shape index (κ1) is 8.00. The van der Waals surface area contributed by atoms with E-state index in [9.17, 15) is 4.79 Å². The minimum atomic E-state index is 0.201. The molecule has 2 heterocycles. The van der Waals surface area contributed by atoms with Gasteiger partial charge in [0.15, 0.2) is 0 Å². The number of amides is 1. The average Bonchev–Trinajstić information content (AvgIpc) is 2.43. The first-order valence-corrected chi connectivity index (χ1v) is 4.96. The molecule has 0 aromatic heterocycles. The normalized spacial score (nSPS) is 20.9. The number of benzene rings is 1. The number of hydrogen-bond acceptors (Lipinski definition) is 2. The highest BCUT2D eigenvalue weighted by molar-refractivity contribution is 5.98. The molecule has 3 nitrogen and oxygen atoms in total. The lowest BCUT2D eigenvalue weighted by Gasteiger charge is -2.35. The quantitative estimate of drug-likeness (QED) is 0.700. The minimum absolute atomic E-state index is 0.201. The summed E-state index contributed by atoms with van der Waals surface area (Å²) in [5.74, 6) is 0.201. The molecule has 0 atom stereocenters. The Kier molecular flexibility index (Phi) is 1.61. The van der Waals surface area contributed by atoms with E-state index in [1.165, 1.54) is 5.56 Å². The summed E-state index contributed by atoms with van der Waals surface area (Å²) in [7, 11) is 0. The number of fused-ring (bicyclic) bond motifs is 1. The van der Waals surface area contributed by atoms with Crippen molar-refractivity contribution in [2.24, 2.45) is 0 Å². The summed E-state index contributed by atoms with van der Waals surface area (Å²) in [6.45, 7) is 2.68. The van der Waals surface area contributed by atoms with Gasteiger partial charge in [-0.1, -0.05) is 18.2 Å². The summed E-state index contributed by atoms with van der Waals surface area (Å²) in [4.78, 5) is 13.9. The SMILES string of the molecule is O=C1c2ccccc2CN1C1CNC1. The molecule has 72 valence electrons. The van der Waals surface area contributed by atoms with Crippen molar-refractivity contribution < 1.29 is 4.79 Å². The summed E-state index contributed by atoms with van der Waals surface area (Å²) in [6.07, 6.45) is 0. The second kappa shape index (κ2) is 2.82. The number of carbonyl (C=O) groups is 1. The molecule has 0 aliphatic carbocycles. The topological polar surface area (TPSA) is 32.3 Å². The van der Waals surface area contributed by atoms with E-state index in [0.29, 0.717) is 6.04 Å². The van der Waals surface area contributed by atoms with Crippen LogP contribution in [0.4, 0.5) is 0 Å². The third kappa shape index (κ3) is 0.990. The Morgan fingerprint density at radius 2 is 2.07 bits per heavy atom. The fourth-order valence-corrected chi connectivity index (χ4v) is 2.07. The van der Waals surface area contributed by atoms with Crippen molar-refractivity contribution in [2.45, 2.75) is 12.6 Å². The van der Waals surface area contributed by atoms with Crippen LogP contribution in [0, 0.1) is 0 Å². The maximum Gasteiger partial charge on any atom is 0.254 e. The van der Waals surface area contributed by atoms with Gasteiger partial charge in [0.05, 0.1) is 6.04 Å². The summed E-state index contributed by atoms with van der Waals surface area (Å²) in [6, 6.07) is 8.30. The first-order chi connectivity index (χ1) is 6.86. The summed E-state index contributed by atoms with van der Waals surface area (Å²) >= 11 is 0. The second-order valence-corrected chi connectivity index (χ2v) is 3.90. The van der Waals surface area contributed by atoms with Crippen molar-refractivity contribution in [1.82, 2.24) is 10.2 Å². The van der Waals surface area contributed by atoms with Crippen molar-refractivity contribution in [3.63, 3.8) is 0 Å². The van der Waals surface area contributed by atoms with Crippen LogP contribution in [-0.4, -0.2) is 29.9 Å². The lowest BCUT2D eigenvalue weighted by atomic mass is 10.1. The van der Waals surface area contributed by atoms with Crippen molar-refractivity contribution >= 4 is 5.91 Å². The minimum Gasteiger partial charge on any atom is -0.329 e. The van der Waals surface area contributed by atoms with Crippen LogP contribution in [0.3, 0.4) is 0 Å². The molecule has 2 aliphatic heterocycles. The van der Waals surface area contributed by atoms with Crippen molar-refractivity contribution in [3.8, 4) is 0 Å². The van der Waals surface area contributed by atoms with E-state index in [-0.39, 0.29) is 5.91 Å². The van der Waals surface area contributed by atoms with Crippen molar-refractivity contribution in [2.75, 3.05) is 13.1 Å². The highest BCUT2D eigenvalue weighted by atomic mass is 16.2. The highest BCUT2D eigenvalue weighted by Gasteiger charge is 2.34. The zero-order valence-electron chi connectivity index (χ0n) is 7.86. The molecule has 0 spiro atoms. The molecule has 1 saturated heterocycles. The smallest absolute Gasteiger partial charge is 0.254 e. The van der Waals surface area contributed by atoms with Gasteiger partial charge < -0.3 is 10.2 Å². The lowest BCUT2D eigenvalue weighted by molar-refractivity contribution is 0.0642. The average molecular weight is 188 g/mol. The first-order valence-electron chi connectivity index (χ1n) is 4.96. The molecule has 0 radical (unpaired) electrons. The standard InChI is InChI=1S/C11H12N2O/c14-11-10-4-2-1-3-8(10)7-13(11)9-5-12-6-9/h1-4,9,12H,5-7H2. The van der Waals surface area contributed by atoms with Crippen molar-refractivity contribution in [1.29, 1.82) is 0 Å². The van der Waals surface area contributed by atoms with E-state index in [2.05, 4.69) is 5.32 Å². The molecular formula is C11H12N2O. The van der Waals surface area contributed by atoms with Gasteiger partial charge in [0, 0.05) is 25.2 Å². The van der Waals surface area contributed by atoms with Crippen LogP contribution in [0.25, 0.3) is 0 Å². The molecule has 0 saturated carbocycles. The Hall–Kier alpha value is -1.35. The van der Waals surface area contributed by atoms with E-state index < -0.39 is 0 Å². The van der Waals surface area contributed by atoms with Crippen LogP contribution in [0.2, 0.25) is 0 Å². The van der Waals surface area contributed by atoms with Gasteiger partial charge >= 0.3 is 0 Å². The number of hydrogen-bond donors (Lipinski definition) is 1. The predicted molar refractivity (Wildman–Crippen MR) is 53.0 cm³/mol. The molecule has 1 aromatic rings. The lowest BCUT2D eigenvalue weighted by Crippen LogP contribution is -2.57. The van der Waals surface area contributed by atoms with Gasteiger partial charge in [0.1, 0.15) is 0 Å². The van der Waals surface area contributed by atoms with Crippen LogP contribution in [0.15, 0.2) is 24.3 Å². The molecular weight excluding hydrogens is 176 g/mol. The molecule has 3 heteroatoms.